The van der Waals surface area contributed by atoms with Crippen LogP contribution in [0.5, 0.6) is 0 Å². The highest BCUT2D eigenvalue weighted by Crippen LogP contribution is 2.25. The fourth-order valence-corrected chi connectivity index (χ4v) is 3.03. The molecule has 1 aromatic rings. The zero-order valence-electron chi connectivity index (χ0n) is 12.0. The Labute approximate surface area is 115 Å². The van der Waals surface area contributed by atoms with Gasteiger partial charge in [-0.15, -0.1) is 0 Å². The normalized spacial score (nSPS) is 24.5. The van der Waals surface area contributed by atoms with Crippen molar-refractivity contribution in [2.75, 3.05) is 26.3 Å². The predicted molar refractivity (Wildman–Crippen MR) is 77.3 cm³/mol. The number of hydrogen-bond acceptors (Lipinski definition) is 3. The Hall–Kier alpha value is -0.900. The summed E-state index contributed by atoms with van der Waals surface area (Å²) in [6, 6.07) is 7.99. The molecule has 0 bridgehead atoms. The Kier molecular flexibility index (Phi) is 3.87. The van der Waals surface area contributed by atoms with Gasteiger partial charge in [-0.1, -0.05) is 18.2 Å². The first-order chi connectivity index (χ1) is 9.24. The van der Waals surface area contributed by atoms with Gasteiger partial charge in [0.25, 0.3) is 0 Å². The van der Waals surface area contributed by atoms with Crippen molar-refractivity contribution in [2.24, 2.45) is 0 Å². The van der Waals surface area contributed by atoms with E-state index >= 15 is 0 Å². The molecule has 0 radical (unpaired) electrons. The summed E-state index contributed by atoms with van der Waals surface area (Å²) in [5, 5.41) is 3.53. The molecule has 0 saturated carbocycles. The van der Waals surface area contributed by atoms with Gasteiger partial charge in [0.05, 0.1) is 19.3 Å². The van der Waals surface area contributed by atoms with Gasteiger partial charge in [-0.2, -0.15) is 0 Å². The molecule has 0 aromatic heterocycles. The number of nitrogens with zero attached hydrogens (tertiary/aromatic N) is 1. The van der Waals surface area contributed by atoms with Crippen molar-refractivity contribution in [3.8, 4) is 0 Å². The first-order valence-electron chi connectivity index (χ1n) is 7.41. The average molecular weight is 260 g/mol. The second-order valence-electron chi connectivity index (χ2n) is 5.92. The van der Waals surface area contributed by atoms with Crippen molar-refractivity contribution in [1.82, 2.24) is 10.2 Å². The molecule has 1 saturated heterocycles. The van der Waals surface area contributed by atoms with Crippen LogP contribution in [0.4, 0.5) is 0 Å². The minimum Gasteiger partial charge on any atom is -0.378 e. The van der Waals surface area contributed by atoms with Crippen molar-refractivity contribution in [2.45, 2.75) is 38.9 Å². The van der Waals surface area contributed by atoms with Gasteiger partial charge in [-0.05, 0) is 37.0 Å². The van der Waals surface area contributed by atoms with Crippen molar-refractivity contribution in [3.05, 3.63) is 34.9 Å². The lowest BCUT2D eigenvalue weighted by Crippen LogP contribution is -2.37. The summed E-state index contributed by atoms with van der Waals surface area (Å²) in [5.41, 5.74) is 4.42. The van der Waals surface area contributed by atoms with Crippen molar-refractivity contribution < 1.29 is 4.74 Å². The molecule has 0 amide bonds. The van der Waals surface area contributed by atoms with E-state index in [0.29, 0.717) is 12.1 Å². The molecule has 3 heteroatoms. The Morgan fingerprint density at radius 3 is 2.95 bits per heavy atom. The summed E-state index contributed by atoms with van der Waals surface area (Å²) >= 11 is 0. The van der Waals surface area contributed by atoms with Crippen molar-refractivity contribution >= 4 is 0 Å². The first kappa shape index (κ1) is 13.1. The van der Waals surface area contributed by atoms with E-state index in [-0.39, 0.29) is 0 Å². The highest BCUT2D eigenvalue weighted by Gasteiger charge is 2.21. The maximum Gasteiger partial charge on any atom is 0.0662 e. The number of rotatable bonds is 2. The van der Waals surface area contributed by atoms with Gasteiger partial charge in [0.2, 0.25) is 0 Å². The fourth-order valence-electron chi connectivity index (χ4n) is 3.03. The number of ether oxygens (including phenoxy) is 1. The first-order valence-corrected chi connectivity index (χ1v) is 7.41. The average Bonchev–Trinajstić information content (AvgIpc) is 2.47. The smallest absolute Gasteiger partial charge is 0.0662 e. The number of benzene rings is 1. The highest BCUT2D eigenvalue weighted by atomic mass is 16.5. The monoisotopic (exact) mass is 260 g/mol. The van der Waals surface area contributed by atoms with Crippen LogP contribution in [-0.2, 0) is 17.7 Å². The SMILES string of the molecule is CC(C)N1CCc2cc(C3COCCN3)ccc2C1. The van der Waals surface area contributed by atoms with E-state index in [2.05, 4.69) is 42.3 Å². The Morgan fingerprint density at radius 1 is 1.32 bits per heavy atom. The van der Waals surface area contributed by atoms with E-state index in [4.69, 9.17) is 4.74 Å². The lowest BCUT2D eigenvalue weighted by atomic mass is 9.94. The van der Waals surface area contributed by atoms with Crippen molar-refractivity contribution in [3.63, 3.8) is 0 Å². The molecule has 3 nitrogen and oxygen atoms in total. The number of hydrogen-bond donors (Lipinski definition) is 1. The van der Waals surface area contributed by atoms with E-state index < -0.39 is 0 Å². The van der Waals surface area contributed by atoms with Crippen LogP contribution in [-0.4, -0.2) is 37.2 Å². The highest BCUT2D eigenvalue weighted by molar-refractivity contribution is 5.35. The second-order valence-corrected chi connectivity index (χ2v) is 5.92. The summed E-state index contributed by atoms with van der Waals surface area (Å²) in [6.07, 6.45) is 1.18. The molecular weight excluding hydrogens is 236 g/mol. The number of nitrogens with one attached hydrogen (secondary N) is 1. The van der Waals surface area contributed by atoms with E-state index in [1.807, 2.05) is 0 Å². The molecule has 2 heterocycles. The minimum absolute atomic E-state index is 0.377. The summed E-state index contributed by atoms with van der Waals surface area (Å²) in [6.45, 7) is 9.44. The second kappa shape index (κ2) is 5.61. The maximum atomic E-state index is 5.56. The van der Waals surface area contributed by atoms with Crippen LogP contribution in [0.25, 0.3) is 0 Å². The molecule has 0 aliphatic carbocycles. The van der Waals surface area contributed by atoms with E-state index in [1.54, 1.807) is 0 Å². The zero-order valence-corrected chi connectivity index (χ0v) is 12.0. The van der Waals surface area contributed by atoms with Crippen LogP contribution in [0.1, 0.15) is 36.6 Å². The molecule has 104 valence electrons. The van der Waals surface area contributed by atoms with Crippen LogP contribution in [0.2, 0.25) is 0 Å². The molecule has 2 aliphatic heterocycles. The van der Waals surface area contributed by atoms with Crippen molar-refractivity contribution in [1.29, 1.82) is 0 Å². The molecule has 1 N–H and O–H groups in total. The summed E-state index contributed by atoms with van der Waals surface area (Å²) in [5.74, 6) is 0. The van der Waals surface area contributed by atoms with Crippen LogP contribution in [0.15, 0.2) is 18.2 Å². The molecule has 1 unspecified atom stereocenters. The third-order valence-corrected chi connectivity index (χ3v) is 4.33. The van der Waals surface area contributed by atoms with Gasteiger partial charge in [0.15, 0.2) is 0 Å². The standard InChI is InChI=1S/C16H24N2O/c1-12(2)18-7-5-13-9-14(3-4-15(13)10-18)16-11-19-8-6-17-16/h3-4,9,12,16-17H,5-8,10-11H2,1-2H3. The van der Waals surface area contributed by atoms with Gasteiger partial charge in [0.1, 0.15) is 0 Å². The van der Waals surface area contributed by atoms with Crippen LogP contribution in [0, 0.1) is 0 Å². The molecular formula is C16H24N2O. The summed E-state index contributed by atoms with van der Waals surface area (Å²) < 4.78 is 5.56. The van der Waals surface area contributed by atoms with Gasteiger partial charge in [-0.25, -0.2) is 0 Å². The molecule has 1 aromatic carbocycles. The Balaban J connectivity index is 1.77. The van der Waals surface area contributed by atoms with Crippen LogP contribution < -0.4 is 5.32 Å². The predicted octanol–water partition coefficient (Wildman–Crippen LogP) is 2.11. The molecule has 2 aliphatic rings. The van der Waals surface area contributed by atoms with E-state index in [9.17, 15) is 0 Å². The molecule has 1 fully saturated rings. The summed E-state index contributed by atoms with van der Waals surface area (Å²) in [7, 11) is 0. The number of morpholine rings is 1. The van der Waals surface area contributed by atoms with Crippen LogP contribution >= 0.6 is 0 Å². The van der Waals surface area contributed by atoms with Gasteiger partial charge >= 0.3 is 0 Å². The van der Waals surface area contributed by atoms with Gasteiger partial charge in [0, 0.05) is 25.7 Å². The minimum atomic E-state index is 0.377. The largest absolute Gasteiger partial charge is 0.378 e. The topological polar surface area (TPSA) is 24.5 Å². The lowest BCUT2D eigenvalue weighted by molar-refractivity contribution is 0.0768. The molecule has 3 rings (SSSR count). The third-order valence-electron chi connectivity index (χ3n) is 4.33. The molecule has 0 spiro atoms. The van der Waals surface area contributed by atoms with Gasteiger partial charge in [-0.3, -0.25) is 4.90 Å². The lowest BCUT2D eigenvalue weighted by Gasteiger charge is -2.33. The fraction of sp³-hybridized carbons (Fsp3) is 0.625. The molecule has 19 heavy (non-hydrogen) atoms. The molecule has 1 atom stereocenters. The maximum absolute atomic E-state index is 5.56. The quantitative estimate of drug-likeness (QED) is 0.881. The third kappa shape index (κ3) is 2.83. The van der Waals surface area contributed by atoms with E-state index in [0.717, 1.165) is 26.3 Å². The number of fused-ring (bicyclic) bond motifs is 1. The van der Waals surface area contributed by atoms with E-state index in [1.165, 1.54) is 29.7 Å². The zero-order chi connectivity index (χ0) is 13.2. The van der Waals surface area contributed by atoms with Gasteiger partial charge < -0.3 is 10.1 Å². The van der Waals surface area contributed by atoms with Crippen LogP contribution in [0.3, 0.4) is 0 Å². The Morgan fingerprint density at radius 2 is 2.21 bits per heavy atom. The Bertz CT molecular complexity index is 438. The summed E-state index contributed by atoms with van der Waals surface area (Å²) in [4.78, 5) is 2.55.